The Hall–Kier alpha value is -4.57. The number of Topliss-reactive ketones (excluding diaryl/α,β-unsaturated/α-hetero) is 1. The van der Waals surface area contributed by atoms with Crippen LogP contribution in [-0.2, 0) is 16.0 Å². The van der Waals surface area contributed by atoms with E-state index in [0.29, 0.717) is 34.1 Å². The highest BCUT2D eigenvalue weighted by molar-refractivity contribution is 6.01. The summed E-state index contributed by atoms with van der Waals surface area (Å²) in [4.78, 5) is 37.2. The molecule has 0 bridgehead atoms. The second-order valence-electron chi connectivity index (χ2n) is 9.79. The minimum Gasteiger partial charge on any atom is -0.495 e. The van der Waals surface area contributed by atoms with E-state index in [0.717, 1.165) is 11.1 Å². The van der Waals surface area contributed by atoms with Gasteiger partial charge in [0.25, 0.3) is 0 Å². The zero-order valence-electron chi connectivity index (χ0n) is 24.3. The van der Waals surface area contributed by atoms with Gasteiger partial charge in [-0.05, 0) is 75.2 Å². The Balaban J connectivity index is 1.56. The van der Waals surface area contributed by atoms with E-state index in [9.17, 15) is 14.4 Å². The molecule has 10 heteroatoms. The number of amides is 2. The van der Waals surface area contributed by atoms with Crippen molar-refractivity contribution in [1.29, 1.82) is 0 Å². The van der Waals surface area contributed by atoms with E-state index in [-0.39, 0.29) is 24.8 Å². The fourth-order valence-corrected chi connectivity index (χ4v) is 4.02. The number of ketones is 1. The first-order valence-corrected chi connectivity index (χ1v) is 13.3. The summed E-state index contributed by atoms with van der Waals surface area (Å²) in [7, 11) is 2.84. The van der Waals surface area contributed by atoms with Crippen LogP contribution >= 0.6 is 0 Å². The van der Waals surface area contributed by atoms with E-state index >= 15 is 0 Å². The highest BCUT2D eigenvalue weighted by Gasteiger charge is 2.16. The molecule has 3 aromatic carbocycles. The predicted molar refractivity (Wildman–Crippen MR) is 160 cm³/mol. The molecule has 4 N–H and O–H groups in total. The molecule has 0 fully saturated rings. The lowest BCUT2D eigenvalue weighted by Crippen LogP contribution is -2.36. The van der Waals surface area contributed by atoms with Crippen molar-refractivity contribution in [3.63, 3.8) is 0 Å². The fourth-order valence-electron chi connectivity index (χ4n) is 4.02. The molecular weight excluding hydrogens is 524 g/mol. The van der Waals surface area contributed by atoms with Crippen LogP contribution in [0.3, 0.4) is 0 Å². The van der Waals surface area contributed by atoms with Gasteiger partial charge in [0, 0.05) is 18.2 Å². The lowest BCUT2D eigenvalue weighted by molar-refractivity contribution is -0.118. The number of carbonyl (C=O) groups is 3. The van der Waals surface area contributed by atoms with Gasteiger partial charge >= 0.3 is 12.0 Å². The fraction of sp³-hybridized carbons (Fsp3) is 0.323. The quantitative estimate of drug-likeness (QED) is 0.162. The monoisotopic (exact) mass is 562 g/mol. The molecule has 2 amide bonds. The maximum absolute atomic E-state index is 12.7. The van der Waals surface area contributed by atoms with E-state index < -0.39 is 18.2 Å². The van der Waals surface area contributed by atoms with Gasteiger partial charge in [0.1, 0.15) is 17.7 Å². The Labute approximate surface area is 240 Å². The van der Waals surface area contributed by atoms with Gasteiger partial charge in [0.05, 0.1) is 37.7 Å². The Kier molecular flexibility index (Phi) is 11.1. The second-order valence-corrected chi connectivity index (χ2v) is 9.79. The summed E-state index contributed by atoms with van der Waals surface area (Å²) in [6, 6.07) is 17.4. The van der Waals surface area contributed by atoms with E-state index in [2.05, 4.69) is 21.3 Å². The molecule has 0 aromatic heterocycles. The van der Waals surface area contributed by atoms with Gasteiger partial charge in [0.15, 0.2) is 5.78 Å². The van der Waals surface area contributed by atoms with Crippen molar-refractivity contribution in [2.75, 3.05) is 36.7 Å². The van der Waals surface area contributed by atoms with Gasteiger partial charge in [-0.2, -0.15) is 0 Å². The normalized spacial score (nSPS) is 11.4. The third-order valence-corrected chi connectivity index (χ3v) is 6.04. The van der Waals surface area contributed by atoms with Crippen LogP contribution in [0.2, 0.25) is 0 Å². The number of hydrogen-bond acceptors (Lipinski definition) is 8. The zero-order chi connectivity index (χ0) is 29.9. The van der Waals surface area contributed by atoms with Gasteiger partial charge in [-0.3, -0.25) is 10.1 Å². The van der Waals surface area contributed by atoms with Crippen LogP contribution in [0.25, 0.3) is 0 Å². The second kappa shape index (κ2) is 14.7. The number of hydrogen-bond donors (Lipinski definition) is 4. The molecular formula is C31H38N4O6. The first-order valence-electron chi connectivity index (χ1n) is 13.3. The van der Waals surface area contributed by atoms with Crippen LogP contribution in [0.4, 0.5) is 21.9 Å². The van der Waals surface area contributed by atoms with E-state index in [1.54, 1.807) is 43.3 Å². The number of nitrogens with one attached hydrogen (secondary N) is 4. The van der Waals surface area contributed by atoms with Crippen LogP contribution in [0, 0.1) is 6.92 Å². The molecule has 218 valence electrons. The Morgan fingerprint density at radius 2 is 1.56 bits per heavy atom. The molecule has 0 saturated carbocycles. The molecule has 41 heavy (non-hydrogen) atoms. The molecule has 3 rings (SSSR count). The van der Waals surface area contributed by atoms with Crippen molar-refractivity contribution >= 4 is 34.8 Å². The van der Waals surface area contributed by atoms with Crippen molar-refractivity contribution < 1.29 is 28.6 Å². The van der Waals surface area contributed by atoms with E-state index in [1.165, 1.54) is 14.2 Å². The summed E-state index contributed by atoms with van der Waals surface area (Å²) in [5, 5.41) is 12.0. The molecule has 1 unspecified atom stereocenters. The minimum absolute atomic E-state index is 0.0536. The highest BCUT2D eigenvalue weighted by atomic mass is 16.5. The third kappa shape index (κ3) is 9.25. The lowest BCUT2D eigenvalue weighted by Gasteiger charge is -2.21. The van der Waals surface area contributed by atoms with Crippen LogP contribution in [0.1, 0.15) is 42.3 Å². The molecule has 0 aliphatic rings. The summed E-state index contributed by atoms with van der Waals surface area (Å²) in [5.74, 6) is 0.492. The molecule has 10 nitrogen and oxygen atoms in total. The molecule has 0 aliphatic heterocycles. The number of anilines is 3. The van der Waals surface area contributed by atoms with Gasteiger partial charge in [-0.15, -0.1) is 0 Å². The molecule has 0 aliphatic carbocycles. The van der Waals surface area contributed by atoms with Crippen molar-refractivity contribution in [2.24, 2.45) is 0 Å². The zero-order valence-corrected chi connectivity index (χ0v) is 24.3. The summed E-state index contributed by atoms with van der Waals surface area (Å²) >= 11 is 0. The molecule has 3 aromatic rings. The first-order chi connectivity index (χ1) is 19.6. The summed E-state index contributed by atoms with van der Waals surface area (Å²) in [5.41, 5.74) is 3.94. The summed E-state index contributed by atoms with van der Waals surface area (Å²) in [6.07, 6.45) is -0.316. The topological polar surface area (TPSA) is 127 Å². The van der Waals surface area contributed by atoms with Gasteiger partial charge in [0.2, 0.25) is 0 Å². The van der Waals surface area contributed by atoms with Crippen molar-refractivity contribution in [3.8, 4) is 11.5 Å². The number of benzene rings is 3. The Morgan fingerprint density at radius 3 is 2.24 bits per heavy atom. The average molecular weight is 563 g/mol. The van der Waals surface area contributed by atoms with E-state index in [1.807, 2.05) is 45.0 Å². The predicted octanol–water partition coefficient (Wildman–Crippen LogP) is 5.38. The molecule has 0 radical (unpaired) electrons. The largest absolute Gasteiger partial charge is 0.495 e. The number of rotatable bonds is 13. The summed E-state index contributed by atoms with van der Waals surface area (Å²) < 4.78 is 16.3. The highest BCUT2D eigenvalue weighted by Crippen LogP contribution is 2.28. The number of carbonyl (C=O) groups excluding carboxylic acids is 3. The lowest BCUT2D eigenvalue weighted by atomic mass is 10.1. The van der Waals surface area contributed by atoms with Crippen LogP contribution < -0.4 is 30.7 Å². The Morgan fingerprint density at radius 1 is 0.829 bits per heavy atom. The average Bonchev–Trinajstić information content (AvgIpc) is 2.94. The van der Waals surface area contributed by atoms with Crippen LogP contribution in [0.15, 0.2) is 60.7 Å². The van der Waals surface area contributed by atoms with Gasteiger partial charge in [-0.1, -0.05) is 24.3 Å². The summed E-state index contributed by atoms with van der Waals surface area (Å²) in [6.45, 7) is 7.75. The molecule has 1 atom stereocenters. The molecule has 0 saturated heterocycles. The SMILES string of the molecule is COC(=O)c1ccc(OC(C)NCC(=O)Cc2ccc(NC(=O)Nc3ccccc3C)c(OC)c2)c(NC(C)C)c1. The minimum atomic E-state index is -0.483. The first kappa shape index (κ1) is 31.0. The van der Waals surface area contributed by atoms with E-state index in [4.69, 9.17) is 14.2 Å². The van der Waals surface area contributed by atoms with Crippen molar-refractivity contribution in [2.45, 2.75) is 46.4 Å². The third-order valence-electron chi connectivity index (χ3n) is 6.04. The number of methoxy groups -OCH3 is 2. The van der Waals surface area contributed by atoms with Crippen molar-refractivity contribution in [1.82, 2.24) is 5.32 Å². The molecule has 0 spiro atoms. The van der Waals surface area contributed by atoms with Crippen molar-refractivity contribution in [3.05, 3.63) is 77.4 Å². The maximum Gasteiger partial charge on any atom is 0.337 e. The number of urea groups is 1. The smallest absolute Gasteiger partial charge is 0.337 e. The Bertz CT molecular complexity index is 1370. The van der Waals surface area contributed by atoms with Crippen LogP contribution in [-0.4, -0.2) is 50.8 Å². The number of esters is 1. The number of ether oxygens (including phenoxy) is 3. The van der Waals surface area contributed by atoms with Gasteiger partial charge < -0.3 is 30.2 Å². The number of aryl methyl sites for hydroxylation is 1. The standard InChI is InChI=1S/C31H38N4O6/c1-19(2)33-27-17-23(30(37)40-6)12-14-28(27)41-21(4)32-18-24(36)15-22-11-13-26(29(16-22)39-5)35-31(38)34-25-10-8-7-9-20(25)3/h7-14,16-17,19,21,32-33H,15,18H2,1-6H3,(H2,34,35,38). The van der Waals surface area contributed by atoms with Crippen LogP contribution in [0.5, 0.6) is 11.5 Å². The molecule has 0 heterocycles. The number of para-hydroxylation sites is 1. The maximum atomic E-state index is 12.7. The van der Waals surface area contributed by atoms with Gasteiger partial charge in [-0.25, -0.2) is 9.59 Å².